The maximum atomic E-state index is 13.9. The molecule has 2 aliphatic rings. The number of nitro groups is 1. The summed E-state index contributed by atoms with van der Waals surface area (Å²) in [6, 6.07) is 35.5. The van der Waals surface area contributed by atoms with Crippen molar-refractivity contribution in [2.24, 2.45) is 5.92 Å². The molecule has 15 nitrogen and oxygen atoms in total. The molecule has 8 rings (SSSR count). The monoisotopic (exact) mass is 935 g/mol. The van der Waals surface area contributed by atoms with Gasteiger partial charge in [-0.2, -0.15) is 0 Å². The van der Waals surface area contributed by atoms with Crippen LogP contribution >= 0.6 is 23.4 Å². The Balaban J connectivity index is 0.930. The van der Waals surface area contributed by atoms with Crippen molar-refractivity contribution >= 4 is 73.1 Å². The van der Waals surface area contributed by atoms with Crippen molar-refractivity contribution in [1.29, 1.82) is 0 Å². The van der Waals surface area contributed by atoms with E-state index in [4.69, 9.17) is 16.8 Å². The smallest absolute Gasteiger partial charge is 0.293 e. The largest absolute Gasteiger partial charge is 0.376 e. The lowest BCUT2D eigenvalue weighted by Gasteiger charge is -2.36. The fourth-order valence-corrected chi connectivity index (χ4v) is 10.7. The lowest BCUT2D eigenvalue weighted by molar-refractivity contribution is -0.384. The second-order valence-electron chi connectivity index (χ2n) is 16.2. The molecular weight excluding hydrogens is 886 g/mol. The quantitative estimate of drug-likeness (QED) is 0.0297. The Morgan fingerprint density at radius 3 is 2.34 bits per heavy atom. The number of rotatable bonds is 17. The standard InChI is InChI=1S/C47H50ClN9O6S2/c48-36-11-14-41(33-7-3-1-4-8-33)35(27-36)30-55-23-25-56(26-24-55)38-12-15-42-44(28-38)49-32-50-46(42)53-65(62,63)40-13-16-43(45(29-40)57(60)61)51-37(31-64-39-9-5-2-6-10-39)19-22-54-20-17-34(18-21-54)47(58)52-59/h1-16,27-29,32,34,37,51,59H,17-26,30-31H2,(H,52,58)(H,49,50,53). The zero-order chi connectivity index (χ0) is 45.3. The fourth-order valence-electron chi connectivity index (χ4n) is 8.44. The molecule has 65 heavy (non-hydrogen) atoms. The molecule has 4 N–H and O–H groups in total. The predicted octanol–water partition coefficient (Wildman–Crippen LogP) is 8.16. The summed E-state index contributed by atoms with van der Waals surface area (Å²) >= 11 is 8.05. The summed E-state index contributed by atoms with van der Waals surface area (Å²) in [5, 5.41) is 26.1. The highest BCUT2D eigenvalue weighted by molar-refractivity contribution is 7.99. The predicted molar refractivity (Wildman–Crippen MR) is 256 cm³/mol. The van der Waals surface area contributed by atoms with E-state index >= 15 is 0 Å². The van der Waals surface area contributed by atoms with Crippen molar-refractivity contribution in [3.63, 3.8) is 0 Å². The first kappa shape index (κ1) is 45.7. The number of piperidine rings is 1. The van der Waals surface area contributed by atoms with Gasteiger partial charge in [0.2, 0.25) is 5.91 Å². The molecule has 0 aliphatic carbocycles. The molecule has 0 bridgehead atoms. The summed E-state index contributed by atoms with van der Waals surface area (Å²) in [4.78, 5) is 40.3. The van der Waals surface area contributed by atoms with E-state index in [0.717, 1.165) is 60.5 Å². The third kappa shape index (κ3) is 11.5. The van der Waals surface area contributed by atoms with Crippen LogP contribution in [0, 0.1) is 16.0 Å². The van der Waals surface area contributed by atoms with Crippen LogP contribution in [0.1, 0.15) is 24.8 Å². The number of hydrogen-bond donors (Lipinski definition) is 4. The normalized spacial score (nSPS) is 15.7. The topological polar surface area (TPSA) is 186 Å². The second kappa shape index (κ2) is 21.0. The number of carbonyl (C=O) groups excluding carboxylic acids is 1. The Hall–Kier alpha value is -5.82. The third-order valence-electron chi connectivity index (χ3n) is 12.0. The molecule has 0 spiro atoms. The Labute approximate surface area is 387 Å². The fraction of sp³-hybridized carbons (Fsp3) is 0.298. The number of nitro benzene ring substituents is 1. The van der Waals surface area contributed by atoms with Crippen LogP contribution < -0.4 is 20.4 Å². The highest BCUT2D eigenvalue weighted by atomic mass is 35.5. The molecule has 6 aromatic rings. The average molecular weight is 937 g/mol. The SMILES string of the molecule is O=C(NO)C1CCN(CCC(CSc2ccccc2)Nc2ccc(S(=O)(=O)Nc3ncnc4cc(N5CCN(Cc6cc(Cl)ccc6-c6ccccc6)CC5)ccc34)cc2[N+](=O)[O-])CC1. The van der Waals surface area contributed by atoms with Crippen LogP contribution in [0.15, 0.2) is 131 Å². The molecular formula is C47H50ClN9O6S2. The lowest BCUT2D eigenvalue weighted by atomic mass is 9.96. The van der Waals surface area contributed by atoms with Gasteiger partial charge in [-0.25, -0.2) is 23.9 Å². The van der Waals surface area contributed by atoms with Gasteiger partial charge in [-0.3, -0.25) is 29.7 Å². The number of piperazine rings is 1. The van der Waals surface area contributed by atoms with Gasteiger partial charge in [0.15, 0.2) is 5.82 Å². The molecule has 1 unspecified atom stereocenters. The first-order valence-electron chi connectivity index (χ1n) is 21.5. The Morgan fingerprint density at radius 1 is 0.877 bits per heavy atom. The number of amides is 1. The molecule has 3 heterocycles. The molecule has 0 saturated carbocycles. The number of benzene rings is 5. The average Bonchev–Trinajstić information content (AvgIpc) is 3.33. The van der Waals surface area contributed by atoms with Gasteiger partial charge in [-0.1, -0.05) is 66.2 Å². The summed E-state index contributed by atoms with van der Waals surface area (Å²) in [5.74, 6) is 0.0316. The number of carbonyl (C=O) groups is 1. The van der Waals surface area contributed by atoms with Crippen LogP contribution in [0.2, 0.25) is 5.02 Å². The van der Waals surface area contributed by atoms with Gasteiger partial charge < -0.3 is 15.1 Å². The Bertz CT molecular complexity index is 2720. The molecule has 0 radical (unpaired) electrons. The van der Waals surface area contributed by atoms with Crippen LogP contribution in [0.3, 0.4) is 0 Å². The van der Waals surface area contributed by atoms with Crippen LogP contribution in [-0.2, 0) is 21.4 Å². The number of nitrogens with one attached hydrogen (secondary N) is 3. The van der Waals surface area contributed by atoms with Crippen molar-refractivity contribution in [2.75, 3.05) is 66.5 Å². The van der Waals surface area contributed by atoms with E-state index in [1.807, 2.05) is 72.8 Å². The highest BCUT2D eigenvalue weighted by Gasteiger charge is 2.28. The van der Waals surface area contributed by atoms with Gasteiger partial charge in [-0.15, -0.1) is 11.8 Å². The number of hydrogen-bond acceptors (Lipinski definition) is 13. The maximum absolute atomic E-state index is 13.9. The summed E-state index contributed by atoms with van der Waals surface area (Å²) in [6.07, 6.45) is 3.17. The third-order valence-corrected chi connectivity index (χ3v) is 14.8. The number of halogens is 1. The molecule has 1 aromatic heterocycles. The first-order chi connectivity index (χ1) is 31.5. The molecule has 338 valence electrons. The van der Waals surface area contributed by atoms with Gasteiger partial charge in [0.25, 0.3) is 15.7 Å². The minimum atomic E-state index is -4.33. The van der Waals surface area contributed by atoms with E-state index in [9.17, 15) is 23.3 Å². The number of likely N-dealkylation sites (tertiary alicyclic amines) is 1. The number of hydroxylamine groups is 1. The summed E-state index contributed by atoms with van der Waals surface area (Å²) in [6.45, 7) is 6.01. The summed E-state index contributed by atoms with van der Waals surface area (Å²) < 4.78 is 30.3. The molecule has 2 fully saturated rings. The summed E-state index contributed by atoms with van der Waals surface area (Å²) in [7, 11) is -4.33. The van der Waals surface area contributed by atoms with Crippen molar-refractivity contribution in [1.82, 2.24) is 25.2 Å². The number of sulfonamides is 1. The van der Waals surface area contributed by atoms with E-state index in [1.54, 1.807) is 23.3 Å². The van der Waals surface area contributed by atoms with Crippen LogP contribution in [0.4, 0.5) is 22.9 Å². The van der Waals surface area contributed by atoms with E-state index in [2.05, 4.69) is 52.9 Å². The number of aromatic nitrogens is 2. The lowest BCUT2D eigenvalue weighted by Crippen LogP contribution is -2.46. The first-order valence-corrected chi connectivity index (χ1v) is 24.4. The van der Waals surface area contributed by atoms with Gasteiger partial charge in [-0.05, 0) is 104 Å². The Kier molecular flexibility index (Phi) is 14.8. The Morgan fingerprint density at radius 2 is 1.62 bits per heavy atom. The van der Waals surface area contributed by atoms with E-state index in [1.165, 1.54) is 24.0 Å². The van der Waals surface area contributed by atoms with Crippen molar-refractivity contribution in [3.05, 3.63) is 142 Å². The zero-order valence-electron chi connectivity index (χ0n) is 35.6. The molecule has 1 atom stereocenters. The number of anilines is 3. The van der Waals surface area contributed by atoms with Crippen molar-refractivity contribution in [3.8, 4) is 11.1 Å². The van der Waals surface area contributed by atoms with Gasteiger partial charge >= 0.3 is 0 Å². The van der Waals surface area contributed by atoms with Crippen molar-refractivity contribution < 1.29 is 23.3 Å². The maximum Gasteiger partial charge on any atom is 0.293 e. The van der Waals surface area contributed by atoms with Crippen LogP contribution in [-0.4, -0.2) is 102 Å². The van der Waals surface area contributed by atoms with Gasteiger partial charge in [0, 0.05) is 84.0 Å². The van der Waals surface area contributed by atoms with Crippen LogP contribution in [0.25, 0.3) is 22.0 Å². The number of fused-ring (bicyclic) bond motifs is 1. The van der Waals surface area contributed by atoms with E-state index in [0.29, 0.717) is 60.6 Å². The zero-order valence-corrected chi connectivity index (χ0v) is 37.9. The number of thioether (sulfide) groups is 1. The number of nitrogens with zero attached hydrogens (tertiary/aromatic N) is 6. The molecule has 18 heteroatoms. The molecule has 1 amide bonds. The van der Waals surface area contributed by atoms with Crippen molar-refractivity contribution in [2.45, 2.75) is 41.6 Å². The van der Waals surface area contributed by atoms with Gasteiger partial charge in [0.05, 0.1) is 15.3 Å². The molecule has 2 aliphatic heterocycles. The van der Waals surface area contributed by atoms with Crippen LogP contribution in [0.5, 0.6) is 0 Å². The molecule has 2 saturated heterocycles. The summed E-state index contributed by atoms with van der Waals surface area (Å²) in [5.41, 5.74) is 6.57. The van der Waals surface area contributed by atoms with Gasteiger partial charge in [0.1, 0.15) is 12.0 Å². The minimum Gasteiger partial charge on any atom is -0.376 e. The van der Waals surface area contributed by atoms with E-state index < -0.39 is 14.9 Å². The highest BCUT2D eigenvalue weighted by Crippen LogP contribution is 2.33. The minimum absolute atomic E-state index is 0.0611. The molecule has 5 aromatic carbocycles. The van der Waals surface area contributed by atoms with E-state index in [-0.39, 0.29) is 40.0 Å². The second-order valence-corrected chi connectivity index (χ2v) is 19.5.